The highest BCUT2D eigenvalue weighted by molar-refractivity contribution is 5.46. The van der Waals surface area contributed by atoms with Gasteiger partial charge in [-0.1, -0.05) is 24.3 Å². The van der Waals surface area contributed by atoms with Crippen molar-refractivity contribution in [1.29, 1.82) is 0 Å². The lowest BCUT2D eigenvalue weighted by Gasteiger charge is -2.19. The zero-order chi connectivity index (χ0) is 16.6. The summed E-state index contributed by atoms with van der Waals surface area (Å²) in [6.45, 7) is 2.52. The first-order valence-electron chi connectivity index (χ1n) is 6.91. The Morgan fingerprint density at radius 2 is 1.83 bits per heavy atom. The van der Waals surface area contributed by atoms with Crippen LogP contribution in [0.5, 0.6) is 0 Å². The van der Waals surface area contributed by atoms with Gasteiger partial charge in [-0.3, -0.25) is 0 Å². The third-order valence-electron chi connectivity index (χ3n) is 3.56. The first-order valence-corrected chi connectivity index (χ1v) is 6.91. The van der Waals surface area contributed by atoms with E-state index >= 15 is 0 Å². The molecule has 0 spiro atoms. The summed E-state index contributed by atoms with van der Waals surface area (Å²) >= 11 is 0. The summed E-state index contributed by atoms with van der Waals surface area (Å²) in [5.41, 5.74) is 2.25. The van der Waals surface area contributed by atoms with Crippen LogP contribution in [0.1, 0.15) is 17.0 Å². The highest BCUT2D eigenvalue weighted by atomic mass is 19.4. The Bertz CT molecular complexity index is 840. The summed E-state index contributed by atoms with van der Waals surface area (Å²) in [5, 5.41) is 10.7. The lowest BCUT2D eigenvalue weighted by Crippen LogP contribution is -2.20. The molecular formula is C15H14F3N5. The van der Waals surface area contributed by atoms with E-state index in [1.54, 1.807) is 18.0 Å². The fourth-order valence-electron chi connectivity index (χ4n) is 2.28. The molecule has 2 heterocycles. The van der Waals surface area contributed by atoms with Crippen molar-refractivity contribution < 1.29 is 13.2 Å². The molecule has 3 aromatic rings. The molecule has 5 nitrogen and oxygen atoms in total. The second kappa shape index (κ2) is 5.53. The molecule has 0 bridgehead atoms. The van der Waals surface area contributed by atoms with Crippen LogP contribution in [0.25, 0.3) is 5.65 Å². The number of hydrogen-bond donors (Lipinski definition) is 0. The number of aryl methyl sites for hydroxylation is 1. The Kier molecular flexibility index (Phi) is 3.67. The first-order chi connectivity index (χ1) is 10.9. The molecule has 0 saturated heterocycles. The highest BCUT2D eigenvalue weighted by Gasteiger charge is 2.37. The number of benzene rings is 1. The maximum Gasteiger partial charge on any atom is 0.453 e. The number of halogens is 3. The molecule has 0 aliphatic heterocycles. The number of anilines is 1. The van der Waals surface area contributed by atoms with Gasteiger partial charge >= 0.3 is 6.18 Å². The molecule has 23 heavy (non-hydrogen) atoms. The van der Waals surface area contributed by atoms with Crippen molar-refractivity contribution in [1.82, 2.24) is 19.8 Å². The maximum absolute atomic E-state index is 12.9. The third-order valence-corrected chi connectivity index (χ3v) is 3.56. The summed E-state index contributed by atoms with van der Waals surface area (Å²) < 4.78 is 39.4. The molecule has 0 aliphatic rings. The van der Waals surface area contributed by atoms with E-state index in [4.69, 9.17) is 0 Å². The zero-order valence-electron chi connectivity index (χ0n) is 12.5. The van der Waals surface area contributed by atoms with Crippen LogP contribution in [0.4, 0.5) is 19.0 Å². The van der Waals surface area contributed by atoms with E-state index in [0.717, 1.165) is 15.6 Å². The summed E-state index contributed by atoms with van der Waals surface area (Å²) in [7, 11) is 1.78. The minimum Gasteiger partial charge on any atom is -0.354 e. The largest absolute Gasteiger partial charge is 0.453 e. The molecule has 2 aromatic heterocycles. The van der Waals surface area contributed by atoms with E-state index < -0.39 is 12.0 Å². The van der Waals surface area contributed by atoms with Crippen LogP contribution >= 0.6 is 0 Å². The smallest absolute Gasteiger partial charge is 0.354 e. The number of hydrogen-bond acceptors (Lipinski definition) is 4. The van der Waals surface area contributed by atoms with E-state index in [2.05, 4.69) is 15.3 Å². The van der Waals surface area contributed by atoms with Gasteiger partial charge < -0.3 is 4.90 Å². The van der Waals surface area contributed by atoms with E-state index in [0.29, 0.717) is 12.4 Å². The topological polar surface area (TPSA) is 46.3 Å². The highest BCUT2D eigenvalue weighted by Crippen LogP contribution is 2.28. The van der Waals surface area contributed by atoms with Crippen LogP contribution < -0.4 is 4.90 Å². The van der Waals surface area contributed by atoms with Gasteiger partial charge in [0.15, 0.2) is 5.65 Å². The van der Waals surface area contributed by atoms with Crippen molar-refractivity contribution in [3.05, 3.63) is 53.3 Å². The molecule has 0 atom stereocenters. The molecule has 0 N–H and O–H groups in total. The predicted octanol–water partition coefficient (Wildman–Crippen LogP) is 3.09. The number of alkyl halides is 3. The summed E-state index contributed by atoms with van der Waals surface area (Å²) in [6, 6.07) is 10.9. The second-order valence-electron chi connectivity index (χ2n) is 5.27. The Balaban J connectivity index is 1.95. The monoisotopic (exact) mass is 321 g/mol. The quantitative estimate of drug-likeness (QED) is 0.744. The molecule has 0 unspecified atom stereocenters. The average molecular weight is 321 g/mol. The van der Waals surface area contributed by atoms with E-state index in [9.17, 15) is 13.2 Å². The number of nitrogens with zero attached hydrogens (tertiary/aromatic N) is 5. The van der Waals surface area contributed by atoms with Gasteiger partial charge in [0.25, 0.3) is 5.82 Å². The van der Waals surface area contributed by atoms with Gasteiger partial charge in [0.1, 0.15) is 5.82 Å². The lowest BCUT2D eigenvalue weighted by atomic mass is 10.1. The van der Waals surface area contributed by atoms with Gasteiger partial charge in [0.05, 0.1) is 0 Å². The Morgan fingerprint density at radius 1 is 1.09 bits per heavy atom. The third kappa shape index (κ3) is 2.96. The average Bonchev–Trinajstić information content (AvgIpc) is 2.92. The van der Waals surface area contributed by atoms with Crippen molar-refractivity contribution in [3.8, 4) is 0 Å². The summed E-state index contributed by atoms with van der Waals surface area (Å²) in [5.74, 6) is -0.718. The van der Waals surface area contributed by atoms with Gasteiger partial charge in [-0.15, -0.1) is 15.3 Å². The van der Waals surface area contributed by atoms with E-state index in [-0.39, 0.29) is 5.65 Å². The van der Waals surface area contributed by atoms with Gasteiger partial charge in [-0.05, 0) is 30.2 Å². The fourth-order valence-corrected chi connectivity index (χ4v) is 2.28. The van der Waals surface area contributed by atoms with Crippen LogP contribution in [0.15, 0.2) is 36.4 Å². The SMILES string of the molecule is Cc1ccccc1CN(C)c1ccc2nnc(C(F)(F)F)n2n1. The van der Waals surface area contributed by atoms with Gasteiger partial charge in [0, 0.05) is 13.6 Å². The molecule has 0 radical (unpaired) electrons. The van der Waals surface area contributed by atoms with Gasteiger partial charge in [0.2, 0.25) is 0 Å². The maximum atomic E-state index is 12.9. The molecule has 0 aliphatic carbocycles. The van der Waals surface area contributed by atoms with Crippen molar-refractivity contribution in [3.63, 3.8) is 0 Å². The number of fused-ring (bicyclic) bond motifs is 1. The van der Waals surface area contributed by atoms with Crippen LogP contribution in [0.3, 0.4) is 0 Å². The lowest BCUT2D eigenvalue weighted by molar-refractivity contribution is -0.146. The number of rotatable bonds is 3. The Morgan fingerprint density at radius 3 is 2.52 bits per heavy atom. The minimum absolute atomic E-state index is 0.0605. The molecular weight excluding hydrogens is 307 g/mol. The van der Waals surface area contributed by atoms with Gasteiger partial charge in [-0.25, -0.2) is 0 Å². The fraction of sp³-hybridized carbons (Fsp3) is 0.267. The van der Waals surface area contributed by atoms with Crippen molar-refractivity contribution in [2.45, 2.75) is 19.6 Å². The van der Waals surface area contributed by atoms with Crippen LogP contribution in [-0.2, 0) is 12.7 Å². The van der Waals surface area contributed by atoms with Crippen LogP contribution in [-0.4, -0.2) is 26.9 Å². The Labute approximate surface area is 130 Å². The standard InChI is InChI=1S/C15H14F3N5/c1-10-5-3-4-6-11(10)9-22(2)13-8-7-12-19-20-14(15(16,17)18)23(12)21-13/h3-8H,9H2,1-2H3. The zero-order valence-corrected chi connectivity index (χ0v) is 12.5. The molecule has 3 rings (SSSR count). The first kappa shape index (κ1) is 15.3. The van der Waals surface area contributed by atoms with Crippen molar-refractivity contribution in [2.24, 2.45) is 0 Å². The van der Waals surface area contributed by atoms with Crippen LogP contribution in [0, 0.1) is 6.92 Å². The molecule has 0 amide bonds. The van der Waals surface area contributed by atoms with E-state index in [1.165, 1.54) is 6.07 Å². The van der Waals surface area contributed by atoms with Gasteiger partial charge in [-0.2, -0.15) is 17.7 Å². The molecule has 8 heteroatoms. The predicted molar refractivity (Wildman–Crippen MR) is 79.1 cm³/mol. The molecule has 0 fully saturated rings. The van der Waals surface area contributed by atoms with E-state index in [1.807, 2.05) is 31.2 Å². The Hall–Kier alpha value is -2.64. The van der Waals surface area contributed by atoms with Crippen molar-refractivity contribution in [2.75, 3.05) is 11.9 Å². The molecule has 120 valence electrons. The van der Waals surface area contributed by atoms with Crippen LogP contribution in [0.2, 0.25) is 0 Å². The second-order valence-corrected chi connectivity index (χ2v) is 5.27. The summed E-state index contributed by atoms with van der Waals surface area (Å²) in [4.78, 5) is 1.78. The normalized spacial score (nSPS) is 11.9. The number of aromatic nitrogens is 4. The minimum atomic E-state index is -4.60. The van der Waals surface area contributed by atoms with Crippen molar-refractivity contribution >= 4 is 11.5 Å². The molecule has 1 aromatic carbocycles. The summed E-state index contributed by atoms with van der Waals surface area (Å²) in [6.07, 6.45) is -4.60. The molecule has 0 saturated carbocycles.